The molecule has 176 valence electrons. The maximum absolute atomic E-state index is 13.1. The Balaban J connectivity index is 1.23. The topological polar surface area (TPSA) is 92.7 Å². The van der Waals surface area contributed by atoms with Crippen LogP contribution in [0.4, 0.5) is 0 Å². The molecule has 0 spiro atoms. The first-order valence-corrected chi connectivity index (χ1v) is 13.2. The highest BCUT2D eigenvalue weighted by Crippen LogP contribution is 2.25. The third kappa shape index (κ3) is 5.34. The van der Waals surface area contributed by atoms with Gasteiger partial charge in [0, 0.05) is 32.6 Å². The highest BCUT2D eigenvalue weighted by molar-refractivity contribution is 7.89. The number of nitrogens with zero attached hydrogens (tertiary/aromatic N) is 4. The molecule has 0 unspecified atom stereocenters. The molecule has 1 aliphatic rings. The number of rotatable bonds is 8. The van der Waals surface area contributed by atoms with Gasteiger partial charge in [-0.2, -0.15) is 13.1 Å². The largest absolute Gasteiger partial charge is 0.493 e. The van der Waals surface area contributed by atoms with Gasteiger partial charge in [0.25, 0.3) is 0 Å². The molecule has 0 saturated carbocycles. The van der Waals surface area contributed by atoms with Gasteiger partial charge in [-0.25, -0.2) is 8.42 Å². The lowest BCUT2D eigenvalue weighted by Gasteiger charge is -2.34. The number of carbonyl (C=O) groups is 1. The molecular formula is C23H28N4O4S2. The molecule has 2 aromatic carbocycles. The molecule has 3 aromatic rings. The lowest BCUT2D eigenvalue weighted by molar-refractivity contribution is -0.132. The van der Waals surface area contributed by atoms with Crippen LogP contribution in [-0.4, -0.2) is 65.1 Å². The molecule has 0 atom stereocenters. The van der Waals surface area contributed by atoms with E-state index < -0.39 is 10.0 Å². The smallest absolute Gasteiger partial charge is 0.245 e. The molecule has 0 radical (unpaired) electrons. The zero-order valence-electron chi connectivity index (χ0n) is 18.9. The summed E-state index contributed by atoms with van der Waals surface area (Å²) in [6, 6.07) is 11.1. The average Bonchev–Trinajstić information content (AvgIpc) is 3.30. The molecule has 0 aliphatic carbocycles. The second kappa shape index (κ2) is 10.1. The van der Waals surface area contributed by atoms with Crippen LogP contribution in [0.2, 0.25) is 0 Å². The van der Waals surface area contributed by atoms with Crippen molar-refractivity contribution in [3.63, 3.8) is 0 Å². The Kier molecular flexibility index (Phi) is 7.26. The molecule has 4 rings (SSSR count). The van der Waals surface area contributed by atoms with Crippen LogP contribution in [0.15, 0.2) is 41.3 Å². The van der Waals surface area contributed by atoms with Gasteiger partial charge < -0.3 is 9.64 Å². The zero-order valence-corrected chi connectivity index (χ0v) is 20.5. The van der Waals surface area contributed by atoms with Crippen LogP contribution in [-0.2, 0) is 14.8 Å². The molecule has 0 bridgehead atoms. The number of amides is 1. The Morgan fingerprint density at radius 1 is 1.06 bits per heavy atom. The maximum Gasteiger partial charge on any atom is 0.245 e. The molecule has 10 heteroatoms. The van der Waals surface area contributed by atoms with Crippen molar-refractivity contribution in [1.82, 2.24) is 18.0 Å². The summed E-state index contributed by atoms with van der Waals surface area (Å²) in [5.74, 6) is 0.951. The first kappa shape index (κ1) is 23.6. The highest BCUT2D eigenvalue weighted by Gasteiger charge is 2.31. The van der Waals surface area contributed by atoms with Crippen molar-refractivity contribution in [1.29, 1.82) is 0 Å². The fourth-order valence-corrected chi connectivity index (χ4v) is 6.06. The van der Waals surface area contributed by atoms with E-state index in [1.54, 1.807) is 23.1 Å². The van der Waals surface area contributed by atoms with Crippen molar-refractivity contribution in [3.8, 4) is 5.75 Å². The number of benzene rings is 2. The first-order chi connectivity index (χ1) is 15.9. The van der Waals surface area contributed by atoms with Gasteiger partial charge in [-0.1, -0.05) is 18.2 Å². The second-order valence-electron chi connectivity index (χ2n) is 8.25. The van der Waals surface area contributed by atoms with Crippen LogP contribution >= 0.6 is 11.7 Å². The van der Waals surface area contributed by atoms with Crippen molar-refractivity contribution in [2.45, 2.75) is 38.0 Å². The SMILES string of the molecule is Cc1ccc(C)c(OCCCCC(=O)N2CCN(S(=O)(=O)c3cccc4nsnc34)CC2)c1. The summed E-state index contributed by atoms with van der Waals surface area (Å²) in [6.45, 7) is 5.96. The number of aromatic nitrogens is 2. The number of carbonyl (C=O) groups excluding carboxylic acids is 1. The van der Waals surface area contributed by atoms with E-state index in [1.807, 2.05) is 26.0 Å². The number of unbranched alkanes of at least 4 members (excludes halogenated alkanes) is 1. The number of ether oxygens (including phenoxy) is 1. The summed E-state index contributed by atoms with van der Waals surface area (Å²) in [6.07, 6.45) is 1.97. The first-order valence-electron chi connectivity index (χ1n) is 11.1. The van der Waals surface area contributed by atoms with Crippen LogP contribution in [0.25, 0.3) is 11.0 Å². The average molecular weight is 489 g/mol. The van der Waals surface area contributed by atoms with Crippen molar-refractivity contribution >= 4 is 38.7 Å². The molecule has 1 saturated heterocycles. The van der Waals surface area contributed by atoms with Gasteiger partial charge >= 0.3 is 0 Å². The van der Waals surface area contributed by atoms with E-state index >= 15 is 0 Å². The molecule has 1 aromatic heterocycles. The quantitative estimate of drug-likeness (QED) is 0.451. The number of hydrogen-bond acceptors (Lipinski definition) is 7. The Morgan fingerprint density at radius 3 is 2.64 bits per heavy atom. The Hall–Kier alpha value is -2.56. The normalized spacial score (nSPS) is 15.2. The molecule has 0 N–H and O–H groups in total. The van der Waals surface area contributed by atoms with Crippen molar-refractivity contribution in [2.75, 3.05) is 32.8 Å². The molecular weight excluding hydrogens is 460 g/mol. The molecule has 8 nitrogen and oxygen atoms in total. The number of fused-ring (bicyclic) bond motifs is 1. The van der Waals surface area contributed by atoms with E-state index in [0.29, 0.717) is 37.2 Å². The molecule has 33 heavy (non-hydrogen) atoms. The third-order valence-corrected chi connectivity index (χ3v) is 8.32. The maximum atomic E-state index is 13.1. The highest BCUT2D eigenvalue weighted by atomic mass is 32.2. The van der Waals surface area contributed by atoms with Gasteiger partial charge in [0.2, 0.25) is 15.9 Å². The third-order valence-electron chi connectivity index (χ3n) is 5.84. The molecule has 1 amide bonds. The fraction of sp³-hybridized carbons (Fsp3) is 0.435. The van der Waals surface area contributed by atoms with Gasteiger partial charge in [0.05, 0.1) is 18.3 Å². The Bertz CT molecular complexity index is 1230. The Morgan fingerprint density at radius 2 is 1.85 bits per heavy atom. The molecule has 2 heterocycles. The summed E-state index contributed by atoms with van der Waals surface area (Å²) < 4.78 is 41.8. The predicted molar refractivity (Wildman–Crippen MR) is 128 cm³/mol. The van der Waals surface area contributed by atoms with Crippen LogP contribution in [0.5, 0.6) is 5.75 Å². The second-order valence-corrected chi connectivity index (χ2v) is 10.7. The van der Waals surface area contributed by atoms with Crippen LogP contribution in [0, 0.1) is 13.8 Å². The van der Waals surface area contributed by atoms with E-state index in [1.165, 1.54) is 4.31 Å². The van der Waals surface area contributed by atoms with Crippen molar-refractivity contribution < 1.29 is 17.9 Å². The van der Waals surface area contributed by atoms with Crippen molar-refractivity contribution in [2.24, 2.45) is 0 Å². The molecule has 1 fully saturated rings. The van der Waals surface area contributed by atoms with E-state index in [2.05, 4.69) is 14.8 Å². The van der Waals surface area contributed by atoms with E-state index in [0.717, 1.165) is 41.4 Å². The minimum Gasteiger partial charge on any atom is -0.493 e. The van der Waals surface area contributed by atoms with Gasteiger partial charge in [-0.3, -0.25) is 4.79 Å². The standard InChI is InChI=1S/C23H28N4O4S2/c1-17-9-10-18(2)20(16-17)31-15-4-3-8-22(28)26-11-13-27(14-12-26)33(29,30)21-7-5-6-19-23(21)25-32-24-19/h5-7,9-10,16H,3-4,8,11-15H2,1-2H3. The number of aryl methyl sites for hydroxylation is 2. The summed E-state index contributed by atoms with van der Waals surface area (Å²) in [5.41, 5.74) is 3.25. The van der Waals surface area contributed by atoms with Gasteiger partial charge in [0.1, 0.15) is 21.7 Å². The van der Waals surface area contributed by atoms with Gasteiger partial charge in [-0.05, 0) is 56.0 Å². The fourth-order valence-electron chi connectivity index (χ4n) is 3.89. The van der Waals surface area contributed by atoms with Crippen LogP contribution in [0.1, 0.15) is 30.4 Å². The summed E-state index contributed by atoms with van der Waals surface area (Å²) in [5, 5.41) is 0. The van der Waals surface area contributed by atoms with E-state index in [9.17, 15) is 13.2 Å². The summed E-state index contributed by atoms with van der Waals surface area (Å²) >= 11 is 1.00. The van der Waals surface area contributed by atoms with Crippen LogP contribution < -0.4 is 4.74 Å². The van der Waals surface area contributed by atoms with Crippen LogP contribution in [0.3, 0.4) is 0 Å². The van der Waals surface area contributed by atoms with Gasteiger partial charge in [0.15, 0.2) is 0 Å². The van der Waals surface area contributed by atoms with E-state index in [-0.39, 0.29) is 23.9 Å². The van der Waals surface area contributed by atoms with E-state index in [4.69, 9.17) is 4.74 Å². The minimum absolute atomic E-state index is 0.0598. The predicted octanol–water partition coefficient (Wildman–Crippen LogP) is 3.39. The number of sulfonamides is 1. The minimum atomic E-state index is -3.68. The Labute approximate surface area is 198 Å². The van der Waals surface area contributed by atoms with Gasteiger partial charge in [-0.15, -0.1) is 0 Å². The zero-order chi connectivity index (χ0) is 23.4. The number of piperazine rings is 1. The summed E-state index contributed by atoms with van der Waals surface area (Å²) in [4.78, 5) is 14.5. The summed E-state index contributed by atoms with van der Waals surface area (Å²) in [7, 11) is -3.68. The lowest BCUT2D eigenvalue weighted by Crippen LogP contribution is -2.50. The monoisotopic (exact) mass is 488 g/mol. The lowest BCUT2D eigenvalue weighted by atomic mass is 10.1. The molecule has 1 aliphatic heterocycles. The van der Waals surface area contributed by atoms with Crippen molar-refractivity contribution in [3.05, 3.63) is 47.5 Å². The number of hydrogen-bond donors (Lipinski definition) is 0.